The number of hydrogen-bond donors (Lipinski definition) is 2. The van der Waals surface area contributed by atoms with E-state index in [9.17, 15) is 13.6 Å². The number of halogens is 4. The van der Waals surface area contributed by atoms with Crippen molar-refractivity contribution in [2.75, 3.05) is 24.3 Å². The molecular weight excluding hydrogens is 349 g/mol. The van der Waals surface area contributed by atoms with E-state index in [0.717, 1.165) is 12.1 Å². The van der Waals surface area contributed by atoms with Crippen molar-refractivity contribution in [1.29, 1.82) is 0 Å². The van der Waals surface area contributed by atoms with Crippen molar-refractivity contribution in [3.05, 3.63) is 52.0 Å². The van der Waals surface area contributed by atoms with E-state index < -0.39 is 17.5 Å². The lowest BCUT2D eigenvalue weighted by atomic mass is 10.3. The Morgan fingerprint density at radius 1 is 1.09 bits per heavy atom. The Morgan fingerprint density at radius 2 is 1.74 bits per heavy atom. The molecule has 0 unspecified atom stereocenters. The molecule has 0 saturated carbocycles. The molecule has 0 spiro atoms. The van der Waals surface area contributed by atoms with Gasteiger partial charge in [0, 0.05) is 17.4 Å². The molecule has 2 rings (SSSR count). The molecule has 2 aromatic carbocycles. The maximum atomic E-state index is 13.1. The minimum atomic E-state index is -1.04. The first-order chi connectivity index (χ1) is 10.9. The van der Waals surface area contributed by atoms with Crippen LogP contribution in [0, 0.1) is 11.6 Å². The topological polar surface area (TPSA) is 50.4 Å². The first-order valence-corrected chi connectivity index (χ1v) is 7.18. The largest absolute Gasteiger partial charge is 0.494 e. The highest BCUT2D eigenvalue weighted by molar-refractivity contribution is 6.37. The molecule has 0 fully saturated rings. The van der Waals surface area contributed by atoms with Gasteiger partial charge in [-0.1, -0.05) is 23.2 Å². The summed E-state index contributed by atoms with van der Waals surface area (Å²) in [7, 11) is 1.44. The summed E-state index contributed by atoms with van der Waals surface area (Å²) < 4.78 is 30.9. The zero-order valence-corrected chi connectivity index (χ0v) is 13.4. The summed E-state index contributed by atoms with van der Waals surface area (Å²) in [5.41, 5.74) is 0.669. The second-order valence-corrected chi connectivity index (χ2v) is 5.32. The van der Waals surface area contributed by atoms with Gasteiger partial charge in [-0.25, -0.2) is 8.78 Å². The average molecular weight is 361 g/mol. The molecule has 0 bridgehead atoms. The smallest absolute Gasteiger partial charge is 0.243 e. The zero-order valence-electron chi connectivity index (χ0n) is 11.9. The van der Waals surface area contributed by atoms with Crippen LogP contribution in [0.2, 0.25) is 10.0 Å². The lowest BCUT2D eigenvalue weighted by molar-refractivity contribution is -0.114. The number of methoxy groups -OCH3 is 1. The van der Waals surface area contributed by atoms with E-state index in [1.54, 1.807) is 12.1 Å². The Hall–Kier alpha value is -2.05. The van der Waals surface area contributed by atoms with Gasteiger partial charge in [-0.15, -0.1) is 0 Å². The third-order valence-corrected chi connectivity index (χ3v) is 3.42. The van der Waals surface area contributed by atoms with Crippen molar-refractivity contribution in [1.82, 2.24) is 0 Å². The predicted molar refractivity (Wildman–Crippen MR) is 86.5 cm³/mol. The van der Waals surface area contributed by atoms with Gasteiger partial charge in [0.1, 0.15) is 0 Å². The third kappa shape index (κ3) is 4.46. The first-order valence-electron chi connectivity index (χ1n) is 6.42. The van der Waals surface area contributed by atoms with Gasteiger partial charge in [0.15, 0.2) is 17.4 Å². The summed E-state index contributed by atoms with van der Waals surface area (Å²) in [5.74, 6) is -2.13. The zero-order chi connectivity index (χ0) is 17.0. The second-order valence-electron chi connectivity index (χ2n) is 4.50. The number of nitrogens with one attached hydrogen (secondary N) is 2. The highest BCUT2D eigenvalue weighted by Crippen LogP contribution is 2.35. The molecule has 23 heavy (non-hydrogen) atoms. The van der Waals surface area contributed by atoms with Crippen molar-refractivity contribution in [2.45, 2.75) is 0 Å². The van der Waals surface area contributed by atoms with Crippen LogP contribution < -0.4 is 15.4 Å². The van der Waals surface area contributed by atoms with Crippen LogP contribution in [-0.2, 0) is 4.79 Å². The van der Waals surface area contributed by atoms with Crippen LogP contribution in [-0.4, -0.2) is 19.6 Å². The highest BCUT2D eigenvalue weighted by Gasteiger charge is 2.10. The number of amides is 1. The molecule has 0 radical (unpaired) electrons. The predicted octanol–water partition coefficient (Wildman–Crippen LogP) is 4.33. The molecule has 122 valence electrons. The van der Waals surface area contributed by atoms with Crippen LogP contribution >= 0.6 is 23.2 Å². The average Bonchev–Trinajstić information content (AvgIpc) is 2.49. The first kappa shape index (κ1) is 17.3. The van der Waals surface area contributed by atoms with Gasteiger partial charge < -0.3 is 15.4 Å². The third-order valence-electron chi connectivity index (χ3n) is 2.86. The molecule has 8 heteroatoms. The Morgan fingerprint density at radius 3 is 2.30 bits per heavy atom. The lowest BCUT2D eigenvalue weighted by Gasteiger charge is -2.11. The fourth-order valence-electron chi connectivity index (χ4n) is 1.82. The molecular formula is C15H12Cl2F2N2O2. The molecule has 0 aliphatic carbocycles. The molecule has 2 aromatic rings. The summed E-state index contributed by atoms with van der Waals surface area (Å²) in [5, 5.41) is 5.84. The minimum absolute atomic E-state index is 0.113. The highest BCUT2D eigenvalue weighted by atomic mass is 35.5. The molecule has 0 atom stereocenters. The van der Waals surface area contributed by atoms with Gasteiger partial charge in [-0.3, -0.25) is 4.79 Å². The Labute approximate surface area is 141 Å². The number of rotatable bonds is 5. The van der Waals surface area contributed by atoms with E-state index in [-0.39, 0.29) is 12.2 Å². The summed E-state index contributed by atoms with van der Waals surface area (Å²) in [4.78, 5) is 11.8. The summed E-state index contributed by atoms with van der Waals surface area (Å²) in [6, 6.07) is 6.20. The molecule has 0 heterocycles. The van der Waals surface area contributed by atoms with E-state index in [1.165, 1.54) is 13.2 Å². The number of benzene rings is 2. The fraction of sp³-hybridized carbons (Fsp3) is 0.133. The Kier molecular flexibility index (Phi) is 5.63. The summed E-state index contributed by atoms with van der Waals surface area (Å²) >= 11 is 12.0. The molecule has 0 aliphatic heterocycles. The molecule has 0 saturated heterocycles. The Balaban J connectivity index is 1.98. The van der Waals surface area contributed by atoms with Crippen LogP contribution in [0.5, 0.6) is 5.75 Å². The van der Waals surface area contributed by atoms with Gasteiger partial charge in [0.2, 0.25) is 5.91 Å². The van der Waals surface area contributed by atoms with Crippen LogP contribution in [0.1, 0.15) is 0 Å². The van der Waals surface area contributed by atoms with Crippen molar-refractivity contribution in [3.63, 3.8) is 0 Å². The summed E-state index contributed by atoms with van der Waals surface area (Å²) in [6.07, 6.45) is 0. The minimum Gasteiger partial charge on any atom is -0.494 e. The Bertz CT molecular complexity index is 718. The van der Waals surface area contributed by atoms with Crippen LogP contribution in [0.3, 0.4) is 0 Å². The van der Waals surface area contributed by atoms with Crippen LogP contribution in [0.25, 0.3) is 0 Å². The molecule has 1 amide bonds. The molecule has 4 nitrogen and oxygen atoms in total. The van der Waals surface area contributed by atoms with Gasteiger partial charge in [0.05, 0.1) is 23.7 Å². The molecule has 0 aromatic heterocycles. The number of ether oxygens (including phenoxy) is 1. The monoisotopic (exact) mass is 360 g/mol. The normalized spacial score (nSPS) is 10.3. The van der Waals surface area contributed by atoms with Gasteiger partial charge in [-0.05, 0) is 24.3 Å². The number of hydrogen-bond acceptors (Lipinski definition) is 3. The van der Waals surface area contributed by atoms with Gasteiger partial charge in [0.25, 0.3) is 0 Å². The number of carbonyl (C=O) groups is 1. The van der Waals surface area contributed by atoms with Crippen molar-refractivity contribution in [2.24, 2.45) is 0 Å². The molecule has 2 N–H and O–H groups in total. The van der Waals surface area contributed by atoms with Crippen molar-refractivity contribution in [3.8, 4) is 5.75 Å². The molecule has 0 aliphatic rings. The van der Waals surface area contributed by atoms with Crippen LogP contribution in [0.15, 0.2) is 30.3 Å². The van der Waals surface area contributed by atoms with Gasteiger partial charge in [-0.2, -0.15) is 0 Å². The number of carbonyl (C=O) groups excluding carboxylic acids is 1. The van der Waals surface area contributed by atoms with Crippen molar-refractivity contribution >= 4 is 40.5 Å². The fourth-order valence-corrected chi connectivity index (χ4v) is 2.46. The lowest BCUT2D eigenvalue weighted by Crippen LogP contribution is -2.21. The second kappa shape index (κ2) is 7.48. The van der Waals surface area contributed by atoms with E-state index in [0.29, 0.717) is 21.5 Å². The SMILES string of the molecule is COc1c(Cl)cc(NCC(=O)Nc2ccc(F)c(F)c2)cc1Cl. The maximum absolute atomic E-state index is 13.1. The van der Waals surface area contributed by atoms with E-state index in [2.05, 4.69) is 10.6 Å². The summed E-state index contributed by atoms with van der Waals surface area (Å²) in [6.45, 7) is -0.113. The van der Waals surface area contributed by atoms with Crippen molar-refractivity contribution < 1.29 is 18.3 Å². The number of anilines is 2. The van der Waals surface area contributed by atoms with Gasteiger partial charge >= 0.3 is 0 Å². The maximum Gasteiger partial charge on any atom is 0.243 e. The van der Waals surface area contributed by atoms with E-state index in [4.69, 9.17) is 27.9 Å². The standard InChI is InChI=1S/C15H12Cl2F2N2O2/c1-23-15-10(16)4-9(5-11(15)17)20-7-14(22)21-8-2-3-12(18)13(19)6-8/h2-6,20H,7H2,1H3,(H,21,22). The van der Waals surface area contributed by atoms with E-state index >= 15 is 0 Å². The van der Waals surface area contributed by atoms with E-state index in [1.807, 2.05) is 0 Å². The quantitative estimate of drug-likeness (QED) is 0.834. The van der Waals surface area contributed by atoms with Crippen LogP contribution in [0.4, 0.5) is 20.2 Å².